The van der Waals surface area contributed by atoms with Crippen LogP contribution in [0, 0.1) is 0 Å². The first-order chi connectivity index (χ1) is 8.68. The Morgan fingerprint density at radius 3 is 2.89 bits per heavy atom. The van der Waals surface area contributed by atoms with Crippen molar-refractivity contribution in [2.45, 2.75) is 50.5 Å². The quantitative estimate of drug-likeness (QED) is 0.866. The first-order valence-corrected chi connectivity index (χ1v) is 6.97. The lowest BCUT2D eigenvalue weighted by Crippen LogP contribution is -2.36. The molecule has 2 nitrogen and oxygen atoms in total. The third-order valence-corrected chi connectivity index (χ3v) is 4.19. The van der Waals surface area contributed by atoms with Crippen molar-refractivity contribution >= 4 is 0 Å². The monoisotopic (exact) mass is 248 g/mol. The summed E-state index contributed by atoms with van der Waals surface area (Å²) in [5.41, 5.74) is 2.22. The van der Waals surface area contributed by atoms with Gasteiger partial charge >= 0.3 is 0 Å². The second-order valence-corrected chi connectivity index (χ2v) is 5.50. The third-order valence-electron chi connectivity index (χ3n) is 4.19. The molecule has 1 aromatic rings. The molecule has 1 aromatic carbocycles. The summed E-state index contributed by atoms with van der Waals surface area (Å²) in [6.07, 6.45) is 5.16. The lowest BCUT2D eigenvalue weighted by molar-refractivity contribution is -0.0452. The molecule has 1 N–H and O–H groups in total. The molecule has 100 valence electrons. The fraction of sp³-hybridized carbons (Fsp3) is 0.625. The molecule has 0 amide bonds. The van der Waals surface area contributed by atoms with Gasteiger partial charge in [0.1, 0.15) is 0 Å². The van der Waals surface area contributed by atoms with Crippen LogP contribution >= 0.6 is 0 Å². The average molecular weight is 248 g/mol. The summed E-state index contributed by atoms with van der Waals surface area (Å²) in [7, 11) is 1.66. The van der Waals surface area contributed by atoms with Gasteiger partial charge in [0, 0.05) is 7.11 Å². The number of fused-ring (bicyclic) bond motifs is 1. The van der Waals surface area contributed by atoms with Crippen LogP contribution in [-0.4, -0.2) is 24.4 Å². The highest BCUT2D eigenvalue weighted by atomic mass is 16.5. The molecule has 0 spiro atoms. The number of methoxy groups -OCH3 is 1. The van der Waals surface area contributed by atoms with E-state index in [2.05, 4.69) is 24.3 Å². The van der Waals surface area contributed by atoms with Crippen molar-refractivity contribution in [1.82, 2.24) is 0 Å². The standard InChI is InChI=1S/C16H24O2/c1-3-16(17,12-18-2)11-14-9-6-8-13-7-4-5-10-15(13)14/h4-5,7,10,14,17H,3,6,8-9,11-12H2,1-2H3. The van der Waals surface area contributed by atoms with Crippen molar-refractivity contribution in [3.8, 4) is 0 Å². The summed E-state index contributed by atoms with van der Waals surface area (Å²) in [6, 6.07) is 8.67. The Hall–Kier alpha value is -0.860. The zero-order valence-electron chi connectivity index (χ0n) is 11.5. The minimum absolute atomic E-state index is 0.433. The fourth-order valence-corrected chi connectivity index (χ4v) is 3.10. The van der Waals surface area contributed by atoms with E-state index >= 15 is 0 Å². The average Bonchev–Trinajstić information content (AvgIpc) is 2.39. The van der Waals surface area contributed by atoms with Gasteiger partial charge in [0.25, 0.3) is 0 Å². The van der Waals surface area contributed by atoms with Gasteiger partial charge in [-0.05, 0) is 49.1 Å². The molecule has 2 unspecified atom stereocenters. The Labute approximate surface area is 110 Å². The minimum atomic E-state index is -0.677. The molecular weight excluding hydrogens is 224 g/mol. The maximum Gasteiger partial charge on any atom is 0.0883 e. The van der Waals surface area contributed by atoms with Crippen molar-refractivity contribution in [3.63, 3.8) is 0 Å². The van der Waals surface area contributed by atoms with Gasteiger partial charge in [-0.3, -0.25) is 0 Å². The van der Waals surface area contributed by atoms with Crippen molar-refractivity contribution in [1.29, 1.82) is 0 Å². The SMILES string of the molecule is CCC(O)(COC)CC1CCCc2ccccc21. The van der Waals surface area contributed by atoms with Crippen LogP contribution in [0.2, 0.25) is 0 Å². The molecule has 2 atom stereocenters. The van der Waals surface area contributed by atoms with Crippen LogP contribution in [0.3, 0.4) is 0 Å². The number of aliphatic hydroxyl groups is 1. The van der Waals surface area contributed by atoms with E-state index in [4.69, 9.17) is 4.74 Å². The van der Waals surface area contributed by atoms with Crippen molar-refractivity contribution in [3.05, 3.63) is 35.4 Å². The van der Waals surface area contributed by atoms with Gasteiger partial charge in [0.15, 0.2) is 0 Å². The Morgan fingerprint density at radius 1 is 1.39 bits per heavy atom. The largest absolute Gasteiger partial charge is 0.387 e. The number of hydrogen-bond acceptors (Lipinski definition) is 2. The highest BCUT2D eigenvalue weighted by Crippen LogP contribution is 2.37. The van der Waals surface area contributed by atoms with Crippen molar-refractivity contribution in [2.75, 3.05) is 13.7 Å². The summed E-state index contributed by atoms with van der Waals surface area (Å²) >= 11 is 0. The van der Waals surface area contributed by atoms with Gasteiger partial charge in [-0.1, -0.05) is 31.2 Å². The first-order valence-electron chi connectivity index (χ1n) is 6.97. The van der Waals surface area contributed by atoms with Crippen LogP contribution in [-0.2, 0) is 11.2 Å². The van der Waals surface area contributed by atoms with Gasteiger partial charge in [-0.2, -0.15) is 0 Å². The summed E-state index contributed by atoms with van der Waals surface area (Å²) in [6.45, 7) is 2.47. The first kappa shape index (κ1) is 13.6. The Morgan fingerprint density at radius 2 is 2.17 bits per heavy atom. The maximum atomic E-state index is 10.6. The van der Waals surface area contributed by atoms with Crippen LogP contribution in [0.1, 0.15) is 49.7 Å². The zero-order chi connectivity index (χ0) is 13.0. The summed E-state index contributed by atoms with van der Waals surface area (Å²) in [4.78, 5) is 0. The molecule has 1 aliphatic carbocycles. The van der Waals surface area contributed by atoms with E-state index in [1.807, 2.05) is 6.92 Å². The molecule has 0 aromatic heterocycles. The smallest absolute Gasteiger partial charge is 0.0883 e. The highest BCUT2D eigenvalue weighted by Gasteiger charge is 2.31. The molecule has 0 heterocycles. The van der Waals surface area contributed by atoms with E-state index in [9.17, 15) is 5.11 Å². The van der Waals surface area contributed by atoms with Crippen molar-refractivity contribution in [2.24, 2.45) is 0 Å². The normalized spacial score (nSPS) is 22.3. The molecule has 0 radical (unpaired) electrons. The van der Waals surface area contributed by atoms with Crippen LogP contribution in [0.4, 0.5) is 0 Å². The molecule has 0 bridgehead atoms. The van der Waals surface area contributed by atoms with Crippen LogP contribution in [0.15, 0.2) is 24.3 Å². The van der Waals surface area contributed by atoms with Gasteiger partial charge in [0.2, 0.25) is 0 Å². The predicted molar refractivity (Wildman–Crippen MR) is 73.9 cm³/mol. The third kappa shape index (κ3) is 2.93. The molecule has 1 aliphatic rings. The minimum Gasteiger partial charge on any atom is -0.387 e. The second kappa shape index (κ2) is 5.85. The summed E-state index contributed by atoms with van der Waals surface area (Å²) in [5.74, 6) is 0.482. The summed E-state index contributed by atoms with van der Waals surface area (Å²) in [5, 5.41) is 10.6. The van der Waals surface area contributed by atoms with Crippen molar-refractivity contribution < 1.29 is 9.84 Å². The van der Waals surface area contributed by atoms with Gasteiger partial charge in [-0.15, -0.1) is 0 Å². The van der Waals surface area contributed by atoms with Crippen LogP contribution < -0.4 is 0 Å². The molecule has 18 heavy (non-hydrogen) atoms. The maximum absolute atomic E-state index is 10.6. The topological polar surface area (TPSA) is 29.5 Å². The molecule has 2 heteroatoms. The van der Waals surface area contributed by atoms with Crippen LogP contribution in [0.25, 0.3) is 0 Å². The fourth-order valence-electron chi connectivity index (χ4n) is 3.10. The van der Waals surface area contributed by atoms with Gasteiger partial charge in [0.05, 0.1) is 12.2 Å². The van der Waals surface area contributed by atoms with E-state index < -0.39 is 5.60 Å². The molecular formula is C16H24O2. The van der Waals surface area contributed by atoms with E-state index in [1.165, 1.54) is 30.4 Å². The number of hydrogen-bond donors (Lipinski definition) is 1. The van der Waals surface area contributed by atoms with Crippen LogP contribution in [0.5, 0.6) is 0 Å². The molecule has 0 aliphatic heterocycles. The van der Waals surface area contributed by atoms with E-state index in [1.54, 1.807) is 7.11 Å². The molecule has 0 saturated heterocycles. The number of rotatable bonds is 5. The zero-order valence-corrected chi connectivity index (χ0v) is 11.5. The van der Waals surface area contributed by atoms with E-state index in [-0.39, 0.29) is 0 Å². The van der Waals surface area contributed by atoms with E-state index in [0.29, 0.717) is 12.5 Å². The summed E-state index contributed by atoms with van der Waals surface area (Å²) < 4.78 is 5.18. The number of benzene rings is 1. The Bertz CT molecular complexity index is 388. The molecule has 0 fully saturated rings. The molecule has 0 saturated carbocycles. The second-order valence-electron chi connectivity index (χ2n) is 5.50. The Balaban J connectivity index is 2.15. The van der Waals surface area contributed by atoms with Gasteiger partial charge < -0.3 is 9.84 Å². The predicted octanol–water partition coefficient (Wildman–Crippen LogP) is 3.28. The Kier molecular flexibility index (Phi) is 4.41. The number of ether oxygens (including phenoxy) is 1. The lowest BCUT2D eigenvalue weighted by atomic mass is 9.76. The highest BCUT2D eigenvalue weighted by molar-refractivity contribution is 5.32. The lowest BCUT2D eigenvalue weighted by Gasteiger charge is -2.33. The number of aryl methyl sites for hydroxylation is 1. The molecule has 2 rings (SSSR count). The van der Waals surface area contributed by atoms with E-state index in [0.717, 1.165) is 12.8 Å². The van der Waals surface area contributed by atoms with Gasteiger partial charge in [-0.25, -0.2) is 0 Å².